The van der Waals surface area contributed by atoms with Crippen molar-refractivity contribution >= 4 is 38.8 Å². The number of aliphatic hydroxyl groups excluding tert-OH is 2. The molecule has 2 aromatic carbocycles. The largest absolute Gasteiger partial charge is 0.394 e. The molecule has 5 rings (SSSR count). The number of halogens is 1. The SMILES string of the molecule is Cc1ccc2c(c1)c1ccc(F)cc1n2CCNCC(OC(C)n1cnc2c(N)ncnc21)C(O)CO. The predicted octanol–water partition coefficient (Wildman–Crippen LogP) is 2.51. The second-order valence-corrected chi connectivity index (χ2v) is 9.14. The average molecular weight is 508 g/mol. The van der Waals surface area contributed by atoms with Gasteiger partial charge in [-0.25, -0.2) is 19.3 Å². The fourth-order valence-corrected chi connectivity index (χ4v) is 4.71. The lowest BCUT2D eigenvalue weighted by atomic mass is 10.1. The number of rotatable bonds is 10. The van der Waals surface area contributed by atoms with Crippen molar-refractivity contribution in [1.82, 2.24) is 29.4 Å². The van der Waals surface area contributed by atoms with Crippen LogP contribution in [-0.2, 0) is 11.3 Å². The molecule has 10 nitrogen and oxygen atoms in total. The summed E-state index contributed by atoms with van der Waals surface area (Å²) in [6.07, 6.45) is 0.547. The second kappa shape index (κ2) is 10.4. The summed E-state index contributed by atoms with van der Waals surface area (Å²) in [7, 11) is 0. The molecule has 0 amide bonds. The first kappa shape index (κ1) is 25.0. The Morgan fingerprint density at radius 3 is 2.76 bits per heavy atom. The summed E-state index contributed by atoms with van der Waals surface area (Å²) in [4.78, 5) is 12.4. The lowest BCUT2D eigenvalue weighted by Crippen LogP contribution is -2.42. The minimum Gasteiger partial charge on any atom is -0.394 e. The fraction of sp³-hybridized carbons (Fsp3) is 0.346. The van der Waals surface area contributed by atoms with Crippen LogP contribution in [-0.4, -0.2) is 66.2 Å². The topological polar surface area (TPSA) is 136 Å². The van der Waals surface area contributed by atoms with E-state index in [0.717, 1.165) is 27.4 Å². The van der Waals surface area contributed by atoms with Crippen LogP contribution in [0, 0.1) is 12.7 Å². The van der Waals surface area contributed by atoms with Crippen molar-refractivity contribution in [3.63, 3.8) is 0 Å². The predicted molar refractivity (Wildman–Crippen MR) is 139 cm³/mol. The molecule has 0 fully saturated rings. The Morgan fingerprint density at radius 2 is 1.95 bits per heavy atom. The van der Waals surface area contributed by atoms with Gasteiger partial charge in [0.15, 0.2) is 11.5 Å². The summed E-state index contributed by atoms with van der Waals surface area (Å²) in [5, 5.41) is 25.4. The Kier molecular flexibility index (Phi) is 7.02. The molecule has 3 heterocycles. The number of aromatic nitrogens is 5. The van der Waals surface area contributed by atoms with Crippen molar-refractivity contribution in [3.05, 3.63) is 60.4 Å². The van der Waals surface area contributed by atoms with Gasteiger partial charge in [0.2, 0.25) is 0 Å². The number of nitrogens with zero attached hydrogens (tertiary/aromatic N) is 5. The molecule has 37 heavy (non-hydrogen) atoms. The molecule has 0 radical (unpaired) electrons. The van der Waals surface area contributed by atoms with Gasteiger partial charge in [-0.2, -0.15) is 0 Å². The van der Waals surface area contributed by atoms with Crippen LogP contribution in [0.15, 0.2) is 49.1 Å². The molecular formula is C26H30FN7O3. The monoisotopic (exact) mass is 507 g/mol. The van der Waals surface area contributed by atoms with Crippen LogP contribution in [0.4, 0.5) is 10.2 Å². The van der Waals surface area contributed by atoms with E-state index in [1.54, 1.807) is 23.9 Å². The Labute approximate surface area is 212 Å². The molecule has 3 unspecified atom stereocenters. The Bertz CT molecular complexity index is 1550. The maximum Gasteiger partial charge on any atom is 0.167 e. The highest BCUT2D eigenvalue weighted by Gasteiger charge is 2.24. The number of ether oxygens (including phenoxy) is 1. The molecule has 3 atom stereocenters. The smallest absolute Gasteiger partial charge is 0.167 e. The number of nitrogen functional groups attached to an aromatic ring is 1. The van der Waals surface area contributed by atoms with E-state index in [1.165, 1.54) is 12.4 Å². The van der Waals surface area contributed by atoms with E-state index in [2.05, 4.69) is 37.0 Å². The molecule has 0 spiro atoms. The van der Waals surface area contributed by atoms with E-state index in [9.17, 15) is 14.6 Å². The summed E-state index contributed by atoms with van der Waals surface area (Å²) in [5.74, 6) is -0.0153. The molecule has 0 aliphatic heterocycles. The van der Waals surface area contributed by atoms with Crippen LogP contribution in [0.5, 0.6) is 0 Å². The summed E-state index contributed by atoms with van der Waals surface area (Å²) < 4.78 is 24.0. The van der Waals surface area contributed by atoms with E-state index >= 15 is 0 Å². The number of benzene rings is 2. The van der Waals surface area contributed by atoms with Gasteiger partial charge in [0.25, 0.3) is 0 Å². The van der Waals surface area contributed by atoms with Gasteiger partial charge in [-0.3, -0.25) is 4.57 Å². The van der Waals surface area contributed by atoms with E-state index < -0.39 is 25.0 Å². The molecule has 0 saturated carbocycles. The van der Waals surface area contributed by atoms with Gasteiger partial charge in [-0.05, 0) is 44.2 Å². The van der Waals surface area contributed by atoms with Gasteiger partial charge >= 0.3 is 0 Å². The van der Waals surface area contributed by atoms with Gasteiger partial charge in [0.05, 0.1) is 18.5 Å². The number of nitrogens with one attached hydrogen (secondary N) is 1. The van der Waals surface area contributed by atoms with Crippen molar-refractivity contribution in [3.8, 4) is 0 Å². The van der Waals surface area contributed by atoms with Gasteiger partial charge in [0.1, 0.15) is 36.1 Å². The summed E-state index contributed by atoms with van der Waals surface area (Å²) in [6.45, 7) is 4.77. The zero-order valence-electron chi connectivity index (χ0n) is 20.7. The van der Waals surface area contributed by atoms with Crippen molar-refractivity contribution in [2.45, 2.75) is 38.8 Å². The van der Waals surface area contributed by atoms with Gasteiger partial charge in [-0.15, -0.1) is 0 Å². The third-order valence-corrected chi connectivity index (χ3v) is 6.61. The van der Waals surface area contributed by atoms with Gasteiger partial charge in [0, 0.05) is 35.9 Å². The first-order chi connectivity index (χ1) is 17.9. The number of nitrogens with two attached hydrogens (primary N) is 1. The lowest BCUT2D eigenvalue weighted by molar-refractivity contribution is -0.106. The number of fused-ring (bicyclic) bond motifs is 4. The third kappa shape index (κ3) is 4.86. The molecule has 0 aliphatic carbocycles. The zero-order valence-corrected chi connectivity index (χ0v) is 20.7. The molecule has 0 aliphatic rings. The fourth-order valence-electron chi connectivity index (χ4n) is 4.71. The van der Waals surface area contributed by atoms with Gasteiger partial charge in [-0.1, -0.05) is 11.6 Å². The highest BCUT2D eigenvalue weighted by molar-refractivity contribution is 6.08. The number of anilines is 1. The molecule has 5 N–H and O–H groups in total. The van der Waals surface area contributed by atoms with E-state index in [-0.39, 0.29) is 18.2 Å². The van der Waals surface area contributed by atoms with Crippen LogP contribution >= 0.6 is 0 Å². The summed E-state index contributed by atoms with van der Waals surface area (Å²) in [5.41, 5.74) is 9.84. The first-order valence-corrected chi connectivity index (χ1v) is 12.1. The highest BCUT2D eigenvalue weighted by Crippen LogP contribution is 2.30. The number of hydrogen-bond donors (Lipinski definition) is 4. The van der Waals surface area contributed by atoms with E-state index in [1.807, 2.05) is 19.1 Å². The number of aliphatic hydroxyl groups is 2. The van der Waals surface area contributed by atoms with Crippen molar-refractivity contribution < 1.29 is 19.3 Å². The summed E-state index contributed by atoms with van der Waals surface area (Å²) in [6, 6.07) is 11.1. The van der Waals surface area contributed by atoms with Crippen molar-refractivity contribution in [2.75, 3.05) is 25.4 Å². The standard InChI is InChI=1S/C26H30FN7O3/c1-15-3-6-20-19(9-15)18-5-4-17(27)10-21(18)33(20)8-7-29-11-23(22(36)12-35)37-16(2)34-14-32-24-25(28)30-13-31-26(24)34/h3-6,9-10,13-14,16,22-23,29,35-36H,7-8,11-12H2,1-2H3,(H2,28,30,31). The van der Waals surface area contributed by atoms with E-state index in [4.69, 9.17) is 10.5 Å². The molecule has 194 valence electrons. The van der Waals surface area contributed by atoms with Crippen molar-refractivity contribution in [2.24, 2.45) is 0 Å². The zero-order chi connectivity index (χ0) is 26.1. The molecule has 0 saturated heterocycles. The minimum absolute atomic E-state index is 0.268. The highest BCUT2D eigenvalue weighted by atomic mass is 19.1. The van der Waals surface area contributed by atoms with Crippen LogP contribution in [0.2, 0.25) is 0 Å². The van der Waals surface area contributed by atoms with Crippen LogP contribution < -0.4 is 11.1 Å². The summed E-state index contributed by atoms with van der Waals surface area (Å²) >= 11 is 0. The second-order valence-electron chi connectivity index (χ2n) is 9.14. The number of aryl methyl sites for hydroxylation is 1. The number of imidazole rings is 1. The average Bonchev–Trinajstić information content (AvgIpc) is 3.45. The number of hydrogen-bond acceptors (Lipinski definition) is 8. The third-order valence-electron chi connectivity index (χ3n) is 6.61. The minimum atomic E-state index is -1.10. The molecule has 3 aromatic heterocycles. The maximum absolute atomic E-state index is 14.1. The molecular weight excluding hydrogens is 477 g/mol. The van der Waals surface area contributed by atoms with Crippen LogP contribution in [0.25, 0.3) is 33.0 Å². The lowest BCUT2D eigenvalue weighted by Gasteiger charge is -2.27. The Balaban J connectivity index is 1.29. The van der Waals surface area contributed by atoms with Gasteiger partial charge < -0.3 is 30.6 Å². The molecule has 0 bridgehead atoms. The maximum atomic E-state index is 14.1. The van der Waals surface area contributed by atoms with Crippen LogP contribution in [0.3, 0.4) is 0 Å². The van der Waals surface area contributed by atoms with E-state index in [0.29, 0.717) is 24.3 Å². The molecule has 5 aromatic rings. The quantitative estimate of drug-likeness (QED) is 0.212. The normalized spacial score (nSPS) is 14.5. The van der Waals surface area contributed by atoms with Crippen molar-refractivity contribution in [1.29, 1.82) is 0 Å². The Hall–Kier alpha value is -3.64. The van der Waals surface area contributed by atoms with Crippen LogP contribution in [0.1, 0.15) is 18.7 Å². The Morgan fingerprint density at radius 1 is 1.11 bits per heavy atom. The first-order valence-electron chi connectivity index (χ1n) is 12.1. The molecule has 11 heteroatoms.